The normalized spacial score (nSPS) is 13.6. The molecule has 0 amide bonds. The number of aliphatic hydroxyl groups excluding tert-OH is 1. The van der Waals surface area contributed by atoms with Crippen molar-refractivity contribution < 1.29 is 20.4 Å². The molecule has 0 saturated heterocycles. The Labute approximate surface area is 66.1 Å². The van der Waals surface area contributed by atoms with Crippen LogP contribution in [0.1, 0.15) is 26.7 Å². The zero-order chi connectivity index (χ0) is 9.12. The Morgan fingerprint density at radius 3 is 1.36 bits per heavy atom. The maximum absolute atomic E-state index is 8.88. The highest BCUT2D eigenvalue weighted by molar-refractivity contribution is 4.81. The van der Waals surface area contributed by atoms with E-state index in [-0.39, 0.29) is 0 Å². The lowest BCUT2D eigenvalue weighted by Crippen LogP contribution is -2.50. The fourth-order valence-corrected chi connectivity index (χ4v) is 1.05. The fourth-order valence-electron chi connectivity index (χ4n) is 1.05. The van der Waals surface area contributed by atoms with E-state index in [2.05, 4.69) is 0 Å². The highest BCUT2D eigenvalue weighted by Crippen LogP contribution is 2.34. The van der Waals surface area contributed by atoms with Gasteiger partial charge in [0.2, 0.25) is 0 Å². The molecule has 0 heterocycles. The van der Waals surface area contributed by atoms with E-state index in [0.717, 1.165) is 0 Å². The zero-order valence-corrected chi connectivity index (χ0v) is 6.91. The van der Waals surface area contributed by atoms with Crippen molar-refractivity contribution in [2.75, 3.05) is 6.61 Å². The summed E-state index contributed by atoms with van der Waals surface area (Å²) in [6, 6.07) is 0. The summed E-state index contributed by atoms with van der Waals surface area (Å²) in [5, 5.41) is 35.5. The smallest absolute Gasteiger partial charge is 0.283 e. The predicted octanol–water partition coefficient (Wildman–Crippen LogP) is -0.584. The maximum Gasteiger partial charge on any atom is 0.283 e. The van der Waals surface area contributed by atoms with Crippen LogP contribution in [0.15, 0.2) is 0 Å². The van der Waals surface area contributed by atoms with Crippen LogP contribution >= 0.6 is 0 Å². The van der Waals surface area contributed by atoms with Gasteiger partial charge in [-0.1, -0.05) is 13.8 Å². The molecule has 4 heteroatoms. The van der Waals surface area contributed by atoms with Crippen molar-refractivity contribution in [1.82, 2.24) is 0 Å². The third-order valence-corrected chi connectivity index (χ3v) is 2.37. The molecule has 0 radical (unpaired) electrons. The van der Waals surface area contributed by atoms with Crippen molar-refractivity contribution in [2.45, 2.75) is 32.7 Å². The number of aliphatic hydroxyl groups is 4. The second-order valence-corrected chi connectivity index (χ2v) is 2.78. The monoisotopic (exact) mass is 164 g/mol. The molecule has 0 fully saturated rings. The molecule has 4 nitrogen and oxygen atoms in total. The minimum atomic E-state index is -2.79. The molecule has 68 valence electrons. The molecule has 0 atom stereocenters. The Morgan fingerprint density at radius 1 is 1.00 bits per heavy atom. The first kappa shape index (κ1) is 10.8. The van der Waals surface area contributed by atoms with Crippen LogP contribution in [0.4, 0.5) is 0 Å². The molecule has 0 saturated carbocycles. The van der Waals surface area contributed by atoms with Crippen LogP contribution in [0.25, 0.3) is 0 Å². The summed E-state index contributed by atoms with van der Waals surface area (Å²) in [6.45, 7) is 2.91. The van der Waals surface area contributed by atoms with Crippen molar-refractivity contribution in [1.29, 1.82) is 0 Å². The standard InChI is InChI=1S/C7H16O4/c1-3-6(4-2,5-8)7(9,10)11/h8-11H,3-5H2,1-2H3. The van der Waals surface area contributed by atoms with E-state index in [4.69, 9.17) is 20.4 Å². The van der Waals surface area contributed by atoms with Crippen LogP contribution in [-0.4, -0.2) is 33.0 Å². The van der Waals surface area contributed by atoms with Gasteiger partial charge in [0, 0.05) is 0 Å². The topological polar surface area (TPSA) is 80.9 Å². The van der Waals surface area contributed by atoms with Gasteiger partial charge < -0.3 is 20.4 Å². The summed E-state index contributed by atoms with van der Waals surface area (Å²) in [4.78, 5) is 0. The van der Waals surface area contributed by atoms with E-state index in [0.29, 0.717) is 12.8 Å². The van der Waals surface area contributed by atoms with Gasteiger partial charge in [-0.15, -0.1) is 0 Å². The minimum Gasteiger partial charge on any atom is -0.395 e. The first-order valence-electron chi connectivity index (χ1n) is 3.71. The summed E-state index contributed by atoms with van der Waals surface area (Å²) < 4.78 is 0. The fraction of sp³-hybridized carbons (Fsp3) is 1.00. The molecule has 0 aliphatic rings. The lowest BCUT2D eigenvalue weighted by atomic mass is 9.80. The molecule has 0 aromatic heterocycles. The van der Waals surface area contributed by atoms with Crippen molar-refractivity contribution in [3.8, 4) is 0 Å². The molecule has 0 aliphatic heterocycles. The Morgan fingerprint density at radius 2 is 1.36 bits per heavy atom. The average Bonchev–Trinajstić information content (AvgIpc) is 1.90. The number of hydrogen-bond acceptors (Lipinski definition) is 4. The van der Waals surface area contributed by atoms with Gasteiger partial charge in [0.1, 0.15) is 0 Å². The van der Waals surface area contributed by atoms with Crippen molar-refractivity contribution in [2.24, 2.45) is 5.41 Å². The van der Waals surface area contributed by atoms with E-state index in [9.17, 15) is 0 Å². The Bertz CT molecular complexity index is 104. The molecular weight excluding hydrogens is 148 g/mol. The van der Waals surface area contributed by atoms with Gasteiger partial charge in [-0.25, -0.2) is 0 Å². The third-order valence-electron chi connectivity index (χ3n) is 2.37. The first-order chi connectivity index (χ1) is 4.93. The van der Waals surface area contributed by atoms with Crippen LogP contribution in [0.2, 0.25) is 0 Å². The lowest BCUT2D eigenvalue weighted by Gasteiger charge is -2.36. The molecule has 0 rings (SSSR count). The van der Waals surface area contributed by atoms with Crippen molar-refractivity contribution in [3.05, 3.63) is 0 Å². The number of rotatable bonds is 4. The molecule has 0 bridgehead atoms. The Hall–Kier alpha value is -0.160. The van der Waals surface area contributed by atoms with Gasteiger partial charge in [0.25, 0.3) is 5.97 Å². The molecule has 11 heavy (non-hydrogen) atoms. The summed E-state index contributed by atoms with van der Waals surface area (Å²) in [5.74, 6) is -2.79. The lowest BCUT2D eigenvalue weighted by molar-refractivity contribution is -0.381. The Kier molecular flexibility index (Phi) is 3.44. The van der Waals surface area contributed by atoms with E-state index >= 15 is 0 Å². The quantitative estimate of drug-likeness (QED) is 0.419. The average molecular weight is 164 g/mol. The molecule has 4 N–H and O–H groups in total. The summed E-state index contributed by atoms with van der Waals surface area (Å²) in [5.41, 5.74) is -1.22. The Balaban J connectivity index is 4.54. The highest BCUT2D eigenvalue weighted by atomic mass is 16.7. The van der Waals surface area contributed by atoms with Crippen molar-refractivity contribution in [3.63, 3.8) is 0 Å². The van der Waals surface area contributed by atoms with E-state index in [1.165, 1.54) is 0 Å². The minimum absolute atomic E-state index is 0.309. The van der Waals surface area contributed by atoms with Crippen LogP contribution in [-0.2, 0) is 0 Å². The molecular formula is C7H16O4. The van der Waals surface area contributed by atoms with Gasteiger partial charge in [0.05, 0.1) is 12.0 Å². The maximum atomic E-state index is 8.88. The van der Waals surface area contributed by atoms with Crippen LogP contribution in [0, 0.1) is 5.41 Å². The van der Waals surface area contributed by atoms with Crippen LogP contribution in [0.3, 0.4) is 0 Å². The van der Waals surface area contributed by atoms with Gasteiger partial charge in [0.15, 0.2) is 0 Å². The second kappa shape index (κ2) is 3.49. The first-order valence-corrected chi connectivity index (χ1v) is 3.71. The highest BCUT2D eigenvalue weighted by Gasteiger charge is 2.45. The molecule has 0 aliphatic carbocycles. The van der Waals surface area contributed by atoms with Crippen LogP contribution < -0.4 is 0 Å². The van der Waals surface area contributed by atoms with E-state index in [1.54, 1.807) is 13.8 Å². The van der Waals surface area contributed by atoms with Gasteiger partial charge >= 0.3 is 0 Å². The van der Waals surface area contributed by atoms with E-state index < -0.39 is 18.0 Å². The summed E-state index contributed by atoms with van der Waals surface area (Å²) in [6.07, 6.45) is 0.618. The van der Waals surface area contributed by atoms with E-state index in [1.807, 2.05) is 0 Å². The molecule has 0 aromatic rings. The number of hydrogen-bond donors (Lipinski definition) is 4. The second-order valence-electron chi connectivity index (χ2n) is 2.78. The summed E-state index contributed by atoms with van der Waals surface area (Å²) in [7, 11) is 0. The third kappa shape index (κ3) is 1.90. The predicted molar refractivity (Wildman–Crippen MR) is 39.5 cm³/mol. The van der Waals surface area contributed by atoms with Crippen molar-refractivity contribution >= 4 is 0 Å². The van der Waals surface area contributed by atoms with Gasteiger partial charge in [-0.2, -0.15) is 0 Å². The molecule has 0 spiro atoms. The SMILES string of the molecule is CCC(CC)(CO)C(O)(O)O. The molecule has 0 unspecified atom stereocenters. The zero-order valence-electron chi connectivity index (χ0n) is 6.91. The van der Waals surface area contributed by atoms with Gasteiger partial charge in [-0.3, -0.25) is 0 Å². The van der Waals surface area contributed by atoms with Crippen LogP contribution in [0.5, 0.6) is 0 Å². The largest absolute Gasteiger partial charge is 0.395 e. The molecule has 0 aromatic carbocycles. The summed E-state index contributed by atoms with van der Waals surface area (Å²) >= 11 is 0. The van der Waals surface area contributed by atoms with Gasteiger partial charge in [-0.05, 0) is 12.8 Å².